The Labute approximate surface area is 103 Å². The fourth-order valence-electron chi connectivity index (χ4n) is 1.38. The van der Waals surface area contributed by atoms with Gasteiger partial charge in [-0.3, -0.25) is 0 Å². The van der Waals surface area contributed by atoms with E-state index in [2.05, 4.69) is 12.1 Å². The number of benzene rings is 1. The van der Waals surface area contributed by atoms with E-state index in [0.717, 1.165) is 22.9 Å². The molecule has 72 valence electrons. The van der Waals surface area contributed by atoms with Crippen molar-refractivity contribution in [3.8, 4) is 0 Å². The monoisotopic (exact) mass is 316 g/mol. The number of hydrogen-bond donors (Lipinski definition) is 1. The Morgan fingerprint density at radius 2 is 1.93 bits per heavy atom. The van der Waals surface area contributed by atoms with E-state index in [1.54, 1.807) is 11.8 Å². The molecule has 2 nitrogen and oxygen atoms in total. The first-order valence-electron chi connectivity index (χ1n) is 4.40. The van der Waals surface area contributed by atoms with Crippen LogP contribution in [0.15, 0.2) is 24.3 Å². The molecule has 0 fully saturated rings. The van der Waals surface area contributed by atoms with E-state index in [9.17, 15) is 0 Å². The Bertz CT molecular complexity index is 289. The Morgan fingerprint density at radius 3 is 2.36 bits per heavy atom. The molecule has 2 N–H and O–H groups in total. The summed E-state index contributed by atoms with van der Waals surface area (Å²) in [5.41, 5.74) is 8.40. The zero-order valence-corrected chi connectivity index (χ0v) is 12.0. The molecule has 0 amide bonds. The first kappa shape index (κ1) is 12.4. The molecule has 2 atom stereocenters. The maximum absolute atomic E-state index is 5.90. The Balaban J connectivity index is 3.05. The number of thioether (sulfide) groups is 1. The SMILES string of the molecule is CSC([O][Sn+3])c1ccccc1C(C)N. The van der Waals surface area contributed by atoms with E-state index in [0.29, 0.717) is 0 Å². The van der Waals surface area contributed by atoms with Crippen molar-refractivity contribution in [2.45, 2.75) is 18.4 Å². The van der Waals surface area contributed by atoms with Crippen molar-refractivity contribution in [1.29, 1.82) is 0 Å². The Kier molecular flexibility index (Phi) is 5.30. The van der Waals surface area contributed by atoms with Crippen LogP contribution in [0.1, 0.15) is 29.5 Å². The van der Waals surface area contributed by atoms with Crippen LogP contribution in [0.2, 0.25) is 0 Å². The Morgan fingerprint density at radius 1 is 1.36 bits per heavy atom. The van der Waals surface area contributed by atoms with Crippen LogP contribution in [-0.2, 0) is 3.07 Å². The van der Waals surface area contributed by atoms with E-state index < -0.39 is 0 Å². The van der Waals surface area contributed by atoms with E-state index in [4.69, 9.17) is 8.81 Å². The third-order valence-electron chi connectivity index (χ3n) is 2.06. The third-order valence-corrected chi connectivity index (χ3v) is 4.00. The van der Waals surface area contributed by atoms with Crippen molar-refractivity contribution in [3.63, 3.8) is 0 Å². The van der Waals surface area contributed by atoms with Gasteiger partial charge in [0, 0.05) is 0 Å². The molecule has 0 aliphatic rings. The van der Waals surface area contributed by atoms with Gasteiger partial charge in [0.05, 0.1) is 0 Å². The molecule has 0 bridgehead atoms. The molecular formula is C10H14NOSSn+3. The average Bonchev–Trinajstić information content (AvgIpc) is 2.20. The van der Waals surface area contributed by atoms with Crippen LogP contribution in [0.3, 0.4) is 0 Å². The van der Waals surface area contributed by atoms with Crippen molar-refractivity contribution in [2.75, 3.05) is 6.26 Å². The van der Waals surface area contributed by atoms with E-state index >= 15 is 0 Å². The van der Waals surface area contributed by atoms with Crippen LogP contribution in [0.4, 0.5) is 0 Å². The van der Waals surface area contributed by atoms with Gasteiger partial charge in [0.2, 0.25) is 0 Å². The van der Waals surface area contributed by atoms with Gasteiger partial charge in [-0.1, -0.05) is 0 Å². The molecule has 0 spiro atoms. The molecule has 1 aromatic carbocycles. The van der Waals surface area contributed by atoms with Crippen molar-refractivity contribution in [1.82, 2.24) is 0 Å². The molecule has 0 saturated heterocycles. The number of hydrogen-bond acceptors (Lipinski definition) is 3. The molecule has 1 rings (SSSR count). The summed E-state index contributed by atoms with van der Waals surface area (Å²) in [6.45, 7) is 2.00. The summed E-state index contributed by atoms with van der Waals surface area (Å²) >= 11 is 2.79. The normalized spacial score (nSPS) is 15.2. The molecule has 2 unspecified atom stereocenters. The standard InChI is InChI=1S/C10H14NOS.Sn/c1-7(11)8-5-3-4-6-9(8)10(12)13-2;/h3-7,10H,11H2,1-2H3;/q-1;+4. The van der Waals surface area contributed by atoms with Gasteiger partial charge in [0.25, 0.3) is 0 Å². The number of nitrogens with two attached hydrogens (primary N) is 1. The van der Waals surface area contributed by atoms with Crippen LogP contribution in [0.25, 0.3) is 0 Å². The molecule has 0 saturated carbocycles. The van der Waals surface area contributed by atoms with Crippen molar-refractivity contribution in [3.05, 3.63) is 35.4 Å². The minimum absolute atomic E-state index is 0.0619. The minimum atomic E-state index is 0.0619. The number of rotatable bonds is 4. The van der Waals surface area contributed by atoms with Gasteiger partial charge in [-0.15, -0.1) is 0 Å². The summed E-state index contributed by atoms with van der Waals surface area (Å²) in [6, 6.07) is 8.26. The fraction of sp³-hybridized carbons (Fsp3) is 0.400. The predicted molar refractivity (Wildman–Crippen MR) is 62.1 cm³/mol. The van der Waals surface area contributed by atoms with Gasteiger partial charge < -0.3 is 0 Å². The van der Waals surface area contributed by atoms with Crippen LogP contribution in [-0.4, -0.2) is 29.2 Å². The summed E-state index contributed by atoms with van der Waals surface area (Å²) in [4.78, 5) is 0. The zero-order valence-electron chi connectivity index (χ0n) is 8.36. The average molecular weight is 315 g/mol. The molecule has 1 aromatic rings. The van der Waals surface area contributed by atoms with Crippen LogP contribution in [0.5, 0.6) is 0 Å². The quantitative estimate of drug-likeness (QED) is 0.683. The van der Waals surface area contributed by atoms with Crippen LogP contribution >= 0.6 is 11.8 Å². The van der Waals surface area contributed by atoms with Gasteiger partial charge in [0.15, 0.2) is 0 Å². The van der Waals surface area contributed by atoms with Crippen molar-refractivity contribution >= 4 is 34.7 Å². The predicted octanol–water partition coefficient (Wildman–Crippen LogP) is 2.17. The van der Waals surface area contributed by atoms with Gasteiger partial charge in [-0.2, -0.15) is 0 Å². The molecule has 0 heterocycles. The van der Waals surface area contributed by atoms with Gasteiger partial charge in [-0.25, -0.2) is 0 Å². The van der Waals surface area contributed by atoms with E-state index in [1.165, 1.54) is 11.1 Å². The second-order valence-corrected chi connectivity index (χ2v) is 4.68. The molecule has 4 heteroatoms. The summed E-state index contributed by atoms with van der Waals surface area (Å²) in [6.07, 6.45) is 2.05. The summed E-state index contributed by atoms with van der Waals surface area (Å²) < 4.78 is 5.47. The molecule has 14 heavy (non-hydrogen) atoms. The zero-order chi connectivity index (χ0) is 10.6. The van der Waals surface area contributed by atoms with Crippen LogP contribution < -0.4 is 5.73 Å². The molecule has 0 radical (unpaired) electrons. The maximum atomic E-state index is 5.90. The van der Waals surface area contributed by atoms with Gasteiger partial charge in [-0.05, 0) is 0 Å². The molecule has 0 aromatic heterocycles. The molecule has 0 aliphatic carbocycles. The first-order valence-corrected chi connectivity index (χ1v) is 6.85. The Hall–Kier alpha value is 0.289. The first-order chi connectivity index (χ1) is 6.70. The van der Waals surface area contributed by atoms with E-state index in [1.807, 2.05) is 25.3 Å². The molecular weight excluding hydrogens is 301 g/mol. The summed E-state index contributed by atoms with van der Waals surface area (Å²) in [7, 11) is 0. The molecule has 0 aliphatic heterocycles. The topological polar surface area (TPSA) is 35.2 Å². The van der Waals surface area contributed by atoms with Crippen LogP contribution in [0, 0.1) is 0 Å². The fourth-order valence-corrected chi connectivity index (χ4v) is 3.13. The van der Waals surface area contributed by atoms with Crippen molar-refractivity contribution < 1.29 is 3.07 Å². The third kappa shape index (κ3) is 2.89. The van der Waals surface area contributed by atoms with Gasteiger partial charge in [0.1, 0.15) is 0 Å². The summed E-state index contributed by atoms with van der Waals surface area (Å²) in [5.74, 6) is 0. The summed E-state index contributed by atoms with van der Waals surface area (Å²) in [5, 5.41) is 0. The van der Waals surface area contributed by atoms with E-state index in [-0.39, 0.29) is 11.5 Å². The van der Waals surface area contributed by atoms with Crippen molar-refractivity contribution in [2.24, 2.45) is 5.73 Å². The van der Waals surface area contributed by atoms with Gasteiger partial charge >= 0.3 is 104 Å². The second kappa shape index (κ2) is 6.00. The second-order valence-electron chi connectivity index (χ2n) is 3.10.